The number of aromatic carboxylic acids is 1. The van der Waals surface area contributed by atoms with Gasteiger partial charge in [-0.15, -0.1) is 0 Å². The van der Waals surface area contributed by atoms with Crippen LogP contribution in [0.25, 0.3) is 0 Å². The maximum atomic E-state index is 10.8. The van der Waals surface area contributed by atoms with E-state index in [1.807, 2.05) is 0 Å². The van der Waals surface area contributed by atoms with Crippen LogP contribution >= 0.6 is 23.4 Å². The molecule has 0 bridgehead atoms. The van der Waals surface area contributed by atoms with Crippen molar-refractivity contribution in [3.05, 3.63) is 22.7 Å². The van der Waals surface area contributed by atoms with Crippen molar-refractivity contribution in [3.8, 4) is 0 Å². The molecule has 0 aliphatic carbocycles. The lowest BCUT2D eigenvalue weighted by molar-refractivity contribution is 0.0690. The second-order valence-electron chi connectivity index (χ2n) is 3.23. The lowest BCUT2D eigenvalue weighted by atomic mass is 10.2. The van der Waals surface area contributed by atoms with Crippen LogP contribution in [0.4, 0.5) is 0 Å². The predicted molar refractivity (Wildman–Crippen MR) is 58.4 cm³/mol. The van der Waals surface area contributed by atoms with Gasteiger partial charge in [-0.05, 0) is 18.6 Å². The van der Waals surface area contributed by atoms with Crippen molar-refractivity contribution < 1.29 is 9.90 Å². The number of halogens is 1. The molecule has 1 N–H and O–H groups in total. The Bertz CT molecular complexity index is 394. The second kappa shape index (κ2) is 4.37. The van der Waals surface area contributed by atoms with Crippen LogP contribution in [-0.2, 0) is 0 Å². The lowest BCUT2D eigenvalue weighted by Crippen LogP contribution is -2.07. The van der Waals surface area contributed by atoms with Crippen LogP contribution in [0.2, 0.25) is 5.02 Å². The maximum absolute atomic E-state index is 10.8. The van der Waals surface area contributed by atoms with Crippen molar-refractivity contribution in [2.75, 3.05) is 5.75 Å². The summed E-state index contributed by atoms with van der Waals surface area (Å²) in [5.74, 6) is 0.560. The largest absolute Gasteiger partial charge is 0.476 e. The molecule has 1 aliphatic rings. The number of rotatable bonds is 2. The number of carboxylic acids is 1. The van der Waals surface area contributed by atoms with Gasteiger partial charge in [-0.1, -0.05) is 11.6 Å². The Kier molecular flexibility index (Phi) is 3.11. The minimum atomic E-state index is -1.10. The zero-order chi connectivity index (χ0) is 10.8. The fraction of sp³-hybridized carbons (Fsp3) is 0.444. The first kappa shape index (κ1) is 10.7. The van der Waals surface area contributed by atoms with Gasteiger partial charge in [0.25, 0.3) is 0 Å². The fourth-order valence-corrected chi connectivity index (χ4v) is 2.85. The molecular weight excluding hydrogens is 236 g/mol. The number of aromatic nitrogens is 2. The van der Waals surface area contributed by atoms with Crippen LogP contribution < -0.4 is 0 Å². The number of nitrogens with zero attached hydrogens (tertiary/aromatic N) is 2. The summed E-state index contributed by atoms with van der Waals surface area (Å²) in [6.45, 7) is 0. The van der Waals surface area contributed by atoms with Crippen molar-refractivity contribution in [3.63, 3.8) is 0 Å². The van der Waals surface area contributed by atoms with Crippen molar-refractivity contribution in [1.29, 1.82) is 0 Å². The molecule has 80 valence electrons. The first-order chi connectivity index (χ1) is 7.18. The van der Waals surface area contributed by atoms with Crippen LogP contribution in [0, 0.1) is 0 Å². The number of carboxylic acid groups (broad SMARTS) is 1. The van der Waals surface area contributed by atoms with E-state index in [0.29, 0.717) is 5.82 Å². The van der Waals surface area contributed by atoms with Gasteiger partial charge in [0.2, 0.25) is 0 Å². The third-order valence-electron chi connectivity index (χ3n) is 2.18. The Hall–Kier alpha value is -0.810. The van der Waals surface area contributed by atoms with E-state index in [-0.39, 0.29) is 16.0 Å². The molecule has 1 unspecified atom stereocenters. The molecule has 0 aromatic carbocycles. The van der Waals surface area contributed by atoms with Crippen molar-refractivity contribution in [1.82, 2.24) is 9.97 Å². The van der Waals surface area contributed by atoms with E-state index in [4.69, 9.17) is 16.7 Å². The SMILES string of the molecule is O=C(O)c1nc(C2CCCS2)ncc1Cl. The van der Waals surface area contributed by atoms with Gasteiger partial charge in [0.15, 0.2) is 5.69 Å². The van der Waals surface area contributed by atoms with Gasteiger partial charge in [-0.2, -0.15) is 11.8 Å². The summed E-state index contributed by atoms with van der Waals surface area (Å²) < 4.78 is 0. The minimum Gasteiger partial charge on any atom is -0.476 e. The standard InChI is InChI=1S/C9H9ClN2O2S/c10-5-4-11-8(6-2-1-3-15-6)12-7(5)9(13)14/h4,6H,1-3H2,(H,13,14). The van der Waals surface area contributed by atoms with Gasteiger partial charge >= 0.3 is 5.97 Å². The van der Waals surface area contributed by atoms with Gasteiger partial charge < -0.3 is 5.11 Å². The highest BCUT2D eigenvalue weighted by atomic mass is 35.5. The van der Waals surface area contributed by atoms with E-state index in [1.165, 1.54) is 6.20 Å². The zero-order valence-corrected chi connectivity index (χ0v) is 9.38. The Balaban J connectivity index is 2.33. The Morgan fingerprint density at radius 2 is 2.47 bits per heavy atom. The molecule has 2 heterocycles. The van der Waals surface area contributed by atoms with Gasteiger partial charge in [-0.25, -0.2) is 14.8 Å². The highest BCUT2D eigenvalue weighted by Gasteiger charge is 2.22. The number of thioether (sulfide) groups is 1. The number of carbonyl (C=O) groups is 1. The summed E-state index contributed by atoms with van der Waals surface area (Å²) >= 11 is 7.45. The monoisotopic (exact) mass is 244 g/mol. The van der Waals surface area contributed by atoms with Gasteiger partial charge in [0.1, 0.15) is 5.82 Å². The molecular formula is C9H9ClN2O2S. The zero-order valence-electron chi connectivity index (χ0n) is 7.81. The molecule has 0 saturated carbocycles. The lowest BCUT2D eigenvalue weighted by Gasteiger charge is -2.07. The van der Waals surface area contributed by atoms with Crippen LogP contribution in [-0.4, -0.2) is 26.8 Å². The van der Waals surface area contributed by atoms with Crippen LogP contribution in [0.3, 0.4) is 0 Å². The van der Waals surface area contributed by atoms with Crippen LogP contribution in [0.1, 0.15) is 34.4 Å². The molecule has 0 radical (unpaired) electrons. The van der Waals surface area contributed by atoms with E-state index in [2.05, 4.69) is 9.97 Å². The summed E-state index contributed by atoms with van der Waals surface area (Å²) in [5.41, 5.74) is -0.103. The normalized spacial score (nSPS) is 20.5. The first-order valence-corrected chi connectivity index (χ1v) is 5.98. The number of hydrogen-bond acceptors (Lipinski definition) is 4. The third kappa shape index (κ3) is 2.23. The van der Waals surface area contributed by atoms with Crippen molar-refractivity contribution >= 4 is 29.3 Å². The molecule has 2 rings (SSSR count). The Labute approximate surface area is 96.1 Å². The number of hydrogen-bond donors (Lipinski definition) is 1. The topological polar surface area (TPSA) is 63.1 Å². The highest BCUT2D eigenvalue weighted by Crippen LogP contribution is 2.38. The molecule has 1 atom stereocenters. The minimum absolute atomic E-state index is 0.0919. The second-order valence-corrected chi connectivity index (χ2v) is 4.95. The average Bonchev–Trinajstić information content (AvgIpc) is 2.71. The predicted octanol–water partition coefficient (Wildman–Crippen LogP) is 2.40. The molecule has 1 aromatic rings. The molecule has 4 nitrogen and oxygen atoms in total. The van der Waals surface area contributed by atoms with Crippen molar-refractivity contribution in [2.24, 2.45) is 0 Å². The average molecular weight is 245 g/mol. The molecule has 0 amide bonds. The van der Waals surface area contributed by atoms with E-state index in [1.54, 1.807) is 11.8 Å². The van der Waals surface area contributed by atoms with E-state index in [9.17, 15) is 4.79 Å². The molecule has 1 aromatic heterocycles. The molecule has 1 saturated heterocycles. The molecule has 1 aliphatic heterocycles. The summed E-state index contributed by atoms with van der Waals surface area (Å²) in [4.78, 5) is 18.9. The molecule has 0 spiro atoms. The van der Waals surface area contributed by atoms with Gasteiger partial charge in [-0.3, -0.25) is 0 Å². The quantitative estimate of drug-likeness (QED) is 0.866. The van der Waals surface area contributed by atoms with Crippen LogP contribution in [0.5, 0.6) is 0 Å². The maximum Gasteiger partial charge on any atom is 0.356 e. The molecule has 15 heavy (non-hydrogen) atoms. The Morgan fingerprint density at radius 1 is 1.67 bits per heavy atom. The van der Waals surface area contributed by atoms with E-state index >= 15 is 0 Å². The van der Waals surface area contributed by atoms with Gasteiger partial charge in [0, 0.05) is 0 Å². The first-order valence-electron chi connectivity index (χ1n) is 4.56. The van der Waals surface area contributed by atoms with Crippen LogP contribution in [0.15, 0.2) is 6.20 Å². The molecule has 6 heteroatoms. The fourth-order valence-electron chi connectivity index (χ4n) is 1.47. The van der Waals surface area contributed by atoms with Gasteiger partial charge in [0.05, 0.1) is 16.5 Å². The highest BCUT2D eigenvalue weighted by molar-refractivity contribution is 7.99. The smallest absolute Gasteiger partial charge is 0.356 e. The van der Waals surface area contributed by atoms with E-state index < -0.39 is 5.97 Å². The Morgan fingerprint density at radius 3 is 3.07 bits per heavy atom. The van der Waals surface area contributed by atoms with E-state index in [0.717, 1.165) is 18.6 Å². The summed E-state index contributed by atoms with van der Waals surface area (Å²) in [5, 5.41) is 9.17. The molecule has 1 fully saturated rings. The third-order valence-corrected chi connectivity index (χ3v) is 3.83. The summed E-state index contributed by atoms with van der Waals surface area (Å²) in [6.07, 6.45) is 3.50. The van der Waals surface area contributed by atoms with Crippen molar-refractivity contribution in [2.45, 2.75) is 18.1 Å². The summed E-state index contributed by atoms with van der Waals surface area (Å²) in [6, 6.07) is 0. The summed E-state index contributed by atoms with van der Waals surface area (Å²) in [7, 11) is 0.